The van der Waals surface area contributed by atoms with Gasteiger partial charge < -0.3 is 21.4 Å². The van der Waals surface area contributed by atoms with Crippen molar-refractivity contribution in [1.82, 2.24) is 15.0 Å². The maximum Gasteiger partial charge on any atom is 0.224 e. The number of H-pyrrole nitrogens is 1. The molecule has 2 aromatic heterocycles. The van der Waals surface area contributed by atoms with E-state index >= 15 is 0 Å². The van der Waals surface area contributed by atoms with Gasteiger partial charge in [-0.05, 0) is 55.9 Å². The number of carbonyl (C=O) groups excluding carboxylic acids is 1. The monoisotopic (exact) mass is 421 g/mol. The van der Waals surface area contributed by atoms with Gasteiger partial charge in [-0.3, -0.25) is 4.79 Å². The highest BCUT2D eigenvalue weighted by atomic mass is 19.1. The van der Waals surface area contributed by atoms with Crippen LogP contribution in [-0.2, 0) is 11.2 Å². The van der Waals surface area contributed by atoms with Gasteiger partial charge in [-0.2, -0.15) is 10.2 Å². The number of aromatic amines is 1. The molecule has 1 aliphatic carbocycles. The molecule has 0 saturated heterocycles. The van der Waals surface area contributed by atoms with Crippen LogP contribution in [0, 0.1) is 23.1 Å². The molecule has 0 aliphatic heterocycles. The zero-order valence-corrected chi connectivity index (χ0v) is 17.0. The number of rotatable bonds is 7. The quantitative estimate of drug-likeness (QED) is 0.463. The van der Waals surface area contributed by atoms with Gasteiger partial charge in [0, 0.05) is 35.6 Å². The fraction of sp³-hybridized carbons (Fsp3) is 0.364. The number of hydrogen-bond donors (Lipinski definition) is 4. The maximum absolute atomic E-state index is 13.5. The molecule has 31 heavy (non-hydrogen) atoms. The Balaban J connectivity index is 1.38. The van der Waals surface area contributed by atoms with Crippen molar-refractivity contribution in [3.05, 3.63) is 47.5 Å². The van der Waals surface area contributed by atoms with Gasteiger partial charge in [0.05, 0.1) is 6.20 Å². The first-order valence-corrected chi connectivity index (χ1v) is 10.4. The lowest BCUT2D eigenvalue weighted by molar-refractivity contribution is -0.122. The predicted molar refractivity (Wildman–Crippen MR) is 116 cm³/mol. The van der Waals surface area contributed by atoms with Crippen LogP contribution in [0.25, 0.3) is 10.9 Å². The zero-order chi connectivity index (χ0) is 21.8. The maximum atomic E-state index is 13.5. The second kappa shape index (κ2) is 9.00. The Morgan fingerprint density at radius 1 is 1.32 bits per heavy atom. The standard InChI is InChI=1S/C22H24FN7O/c23-16-3-6-19-18(9-16)14(11-27-19)7-8-26-22-28-12-15(10-24)21(30-22)29-17-4-1-13(2-5-17)20(25)31/h3,6,9,11-13,17,27H,1-2,4-5,7-8H2,(H2,25,31)(H2,26,28,29,30)/t13-,17+. The average molecular weight is 421 g/mol. The highest BCUT2D eigenvalue weighted by Crippen LogP contribution is 2.27. The van der Waals surface area contributed by atoms with Crippen LogP contribution < -0.4 is 16.4 Å². The molecule has 5 N–H and O–H groups in total. The Bertz CT molecular complexity index is 1130. The highest BCUT2D eigenvalue weighted by molar-refractivity contribution is 5.83. The third-order valence-corrected chi connectivity index (χ3v) is 5.79. The molecule has 9 heteroatoms. The van der Waals surface area contributed by atoms with Crippen molar-refractivity contribution < 1.29 is 9.18 Å². The van der Waals surface area contributed by atoms with Crippen LogP contribution in [0.3, 0.4) is 0 Å². The SMILES string of the molecule is N#Cc1cnc(NCCc2c[nH]c3ccc(F)cc23)nc1N[C@H]1CC[C@@H](C(N)=O)CC1. The van der Waals surface area contributed by atoms with Crippen LogP contribution in [0.4, 0.5) is 16.2 Å². The van der Waals surface area contributed by atoms with Crippen LogP contribution in [0.2, 0.25) is 0 Å². The molecule has 0 radical (unpaired) electrons. The third kappa shape index (κ3) is 4.74. The molecular formula is C22H24FN7O. The van der Waals surface area contributed by atoms with Crippen molar-refractivity contribution in [3.8, 4) is 6.07 Å². The van der Waals surface area contributed by atoms with Crippen molar-refractivity contribution in [2.45, 2.75) is 38.1 Å². The minimum absolute atomic E-state index is 0.0749. The van der Waals surface area contributed by atoms with Crippen molar-refractivity contribution in [2.24, 2.45) is 11.7 Å². The number of nitriles is 1. The summed E-state index contributed by atoms with van der Waals surface area (Å²) in [6, 6.07) is 6.92. The fourth-order valence-corrected chi connectivity index (χ4v) is 4.04. The molecule has 1 fully saturated rings. The number of anilines is 2. The smallest absolute Gasteiger partial charge is 0.224 e. The summed E-state index contributed by atoms with van der Waals surface area (Å²) in [7, 11) is 0. The number of amides is 1. The number of primary amides is 1. The molecule has 0 unspecified atom stereocenters. The molecule has 1 aliphatic rings. The molecule has 3 aromatic rings. The summed E-state index contributed by atoms with van der Waals surface area (Å²) in [5, 5.41) is 16.7. The minimum atomic E-state index is -0.266. The molecule has 0 bridgehead atoms. The first kappa shape index (κ1) is 20.6. The molecule has 2 heterocycles. The number of halogens is 1. The molecule has 1 saturated carbocycles. The predicted octanol–water partition coefficient (Wildman–Crippen LogP) is 3.08. The molecule has 0 spiro atoms. The van der Waals surface area contributed by atoms with Crippen molar-refractivity contribution in [2.75, 3.05) is 17.2 Å². The summed E-state index contributed by atoms with van der Waals surface area (Å²) in [4.78, 5) is 23.2. The number of aromatic nitrogens is 3. The van der Waals surface area contributed by atoms with Crippen LogP contribution >= 0.6 is 0 Å². The van der Waals surface area contributed by atoms with E-state index in [1.54, 1.807) is 6.07 Å². The lowest BCUT2D eigenvalue weighted by atomic mass is 9.85. The fourth-order valence-electron chi connectivity index (χ4n) is 4.04. The van der Waals surface area contributed by atoms with E-state index in [9.17, 15) is 14.4 Å². The minimum Gasteiger partial charge on any atom is -0.369 e. The summed E-state index contributed by atoms with van der Waals surface area (Å²) < 4.78 is 13.5. The van der Waals surface area contributed by atoms with Crippen LogP contribution in [0.15, 0.2) is 30.6 Å². The lowest BCUT2D eigenvalue weighted by Crippen LogP contribution is -2.32. The number of hydrogen-bond acceptors (Lipinski definition) is 6. The molecule has 0 atom stereocenters. The van der Waals surface area contributed by atoms with Gasteiger partial charge in [0.25, 0.3) is 0 Å². The summed E-state index contributed by atoms with van der Waals surface area (Å²) in [6.07, 6.45) is 7.08. The molecule has 160 valence electrons. The van der Waals surface area contributed by atoms with Crippen LogP contribution in [-0.4, -0.2) is 33.4 Å². The number of carbonyl (C=O) groups is 1. The number of fused-ring (bicyclic) bond motifs is 1. The van der Waals surface area contributed by atoms with Crippen molar-refractivity contribution >= 4 is 28.6 Å². The number of nitrogens with zero attached hydrogens (tertiary/aromatic N) is 3. The van der Waals surface area contributed by atoms with Crippen molar-refractivity contribution in [3.63, 3.8) is 0 Å². The molecule has 1 amide bonds. The van der Waals surface area contributed by atoms with Crippen LogP contribution in [0.5, 0.6) is 0 Å². The van der Waals surface area contributed by atoms with E-state index in [4.69, 9.17) is 5.73 Å². The largest absolute Gasteiger partial charge is 0.369 e. The average Bonchev–Trinajstić information content (AvgIpc) is 3.16. The van der Waals surface area contributed by atoms with E-state index in [1.807, 2.05) is 6.20 Å². The van der Waals surface area contributed by atoms with Crippen molar-refractivity contribution in [1.29, 1.82) is 5.26 Å². The van der Waals surface area contributed by atoms with E-state index < -0.39 is 0 Å². The van der Waals surface area contributed by atoms with E-state index in [2.05, 4.69) is 31.7 Å². The Morgan fingerprint density at radius 2 is 2.13 bits per heavy atom. The lowest BCUT2D eigenvalue weighted by Gasteiger charge is -2.28. The Morgan fingerprint density at radius 3 is 2.87 bits per heavy atom. The van der Waals surface area contributed by atoms with Crippen LogP contribution in [0.1, 0.15) is 36.8 Å². The van der Waals surface area contributed by atoms with E-state index in [1.165, 1.54) is 18.3 Å². The second-order valence-electron chi connectivity index (χ2n) is 7.84. The summed E-state index contributed by atoms with van der Waals surface area (Å²) >= 11 is 0. The molecule has 1 aromatic carbocycles. The Labute approximate surface area is 179 Å². The second-order valence-corrected chi connectivity index (χ2v) is 7.84. The summed E-state index contributed by atoms with van der Waals surface area (Å²) in [6.45, 7) is 0.554. The topological polar surface area (TPSA) is 133 Å². The third-order valence-electron chi connectivity index (χ3n) is 5.79. The molecule has 8 nitrogen and oxygen atoms in total. The van der Waals surface area contributed by atoms with Gasteiger partial charge in [-0.25, -0.2) is 9.37 Å². The number of nitrogens with two attached hydrogens (primary N) is 1. The molecule has 4 rings (SSSR count). The van der Waals surface area contributed by atoms with Gasteiger partial charge in [0.1, 0.15) is 23.3 Å². The summed E-state index contributed by atoms with van der Waals surface area (Å²) in [5.41, 5.74) is 7.66. The van der Waals surface area contributed by atoms with Gasteiger partial charge >= 0.3 is 0 Å². The highest BCUT2D eigenvalue weighted by Gasteiger charge is 2.25. The van der Waals surface area contributed by atoms with E-state index in [-0.39, 0.29) is 23.7 Å². The van der Waals surface area contributed by atoms with E-state index in [0.29, 0.717) is 30.3 Å². The Hall–Kier alpha value is -3.67. The zero-order valence-electron chi connectivity index (χ0n) is 17.0. The Kier molecular flexibility index (Phi) is 5.98. The van der Waals surface area contributed by atoms with Gasteiger partial charge in [0.15, 0.2) is 0 Å². The molecular weight excluding hydrogens is 397 g/mol. The van der Waals surface area contributed by atoms with Gasteiger partial charge in [-0.15, -0.1) is 0 Å². The van der Waals surface area contributed by atoms with Gasteiger partial charge in [0.2, 0.25) is 11.9 Å². The van der Waals surface area contributed by atoms with E-state index in [0.717, 1.165) is 42.1 Å². The normalized spacial score (nSPS) is 18.5. The first-order valence-electron chi connectivity index (χ1n) is 10.4. The van der Waals surface area contributed by atoms with Gasteiger partial charge in [-0.1, -0.05) is 0 Å². The first-order chi connectivity index (χ1) is 15.0. The summed E-state index contributed by atoms with van der Waals surface area (Å²) in [5.74, 6) is 0.309. The number of nitrogens with one attached hydrogen (secondary N) is 3. The number of benzene rings is 1.